The number of nitrogens with zero attached hydrogens (tertiary/aromatic N) is 2. The van der Waals surface area contributed by atoms with Crippen molar-refractivity contribution in [3.05, 3.63) is 84.7 Å². The summed E-state index contributed by atoms with van der Waals surface area (Å²) in [7, 11) is 1.42. The minimum absolute atomic E-state index is 0.0555. The summed E-state index contributed by atoms with van der Waals surface area (Å²) in [6.07, 6.45) is 10.0. The van der Waals surface area contributed by atoms with E-state index in [4.69, 9.17) is 4.84 Å². The first-order chi connectivity index (χ1) is 13.5. The van der Waals surface area contributed by atoms with Crippen LogP contribution >= 0.6 is 0 Å². The maximum absolute atomic E-state index is 11.8. The van der Waals surface area contributed by atoms with Crippen LogP contribution in [0.25, 0.3) is 0 Å². The van der Waals surface area contributed by atoms with Gasteiger partial charge in [-0.05, 0) is 31.5 Å². The van der Waals surface area contributed by atoms with E-state index in [2.05, 4.69) is 16.4 Å². The summed E-state index contributed by atoms with van der Waals surface area (Å²) >= 11 is 0. The molecule has 0 saturated carbocycles. The average Bonchev–Trinajstić information content (AvgIpc) is 3.23. The highest BCUT2D eigenvalue weighted by atomic mass is 16.8. The third kappa shape index (κ3) is 13.0. The van der Waals surface area contributed by atoms with Crippen LogP contribution in [0, 0.1) is 0 Å². The fourth-order valence-electron chi connectivity index (χ4n) is 1.36. The number of allylic oxidation sites excluding steroid dienone is 5. The van der Waals surface area contributed by atoms with Gasteiger partial charge in [0.25, 0.3) is 0 Å². The molecule has 1 heterocycles. The standard InChI is InChI=1S/C10H9N2O3.C6H8O.C4H8.C2H6/c1-14-12-7-9(11-15-12)10(13)8-5-3-2-4-6-8;1-3-4-5-6(2)7;1-3-4-2;1-2/h2-7H,1H3;3-5H,1H2,2H3;3-4H,1-2H3;1-2H3/q+1;;;/b;5-4+;4-3-;. The van der Waals surface area contributed by atoms with Gasteiger partial charge in [0.15, 0.2) is 10.9 Å². The number of hydrogen-bond acceptors (Lipinski definition) is 5. The van der Waals surface area contributed by atoms with Crippen LogP contribution in [0.1, 0.15) is 50.7 Å². The molecule has 0 N–H and O–H groups in total. The third-order valence-corrected chi connectivity index (χ3v) is 2.70. The molecule has 0 aliphatic rings. The Morgan fingerprint density at radius 2 is 1.71 bits per heavy atom. The highest BCUT2D eigenvalue weighted by Gasteiger charge is 2.22. The van der Waals surface area contributed by atoms with Crippen molar-refractivity contribution >= 4 is 11.6 Å². The summed E-state index contributed by atoms with van der Waals surface area (Å²) < 4.78 is 4.68. The van der Waals surface area contributed by atoms with Gasteiger partial charge in [-0.2, -0.15) is 0 Å². The summed E-state index contributed by atoms with van der Waals surface area (Å²) in [5.41, 5.74) is 0.775. The second-order valence-corrected chi connectivity index (χ2v) is 4.72. The van der Waals surface area contributed by atoms with Crippen LogP contribution in [0.3, 0.4) is 0 Å². The monoisotopic (exact) mass is 387 g/mol. The zero-order valence-corrected chi connectivity index (χ0v) is 17.6. The highest BCUT2D eigenvalue weighted by Crippen LogP contribution is 2.05. The third-order valence-electron chi connectivity index (χ3n) is 2.70. The summed E-state index contributed by atoms with van der Waals surface area (Å²) in [6, 6.07) is 8.85. The molecule has 0 fully saturated rings. The van der Waals surface area contributed by atoms with Crippen molar-refractivity contribution in [3.63, 3.8) is 0 Å². The van der Waals surface area contributed by atoms with Crippen LogP contribution in [0.5, 0.6) is 0 Å². The summed E-state index contributed by atoms with van der Waals surface area (Å²) in [5, 5.41) is 3.58. The summed E-state index contributed by atoms with van der Waals surface area (Å²) in [6.45, 7) is 12.9. The smallest absolute Gasteiger partial charge is 0.306 e. The largest absolute Gasteiger partial charge is 0.318 e. The van der Waals surface area contributed by atoms with Crippen LogP contribution in [0.4, 0.5) is 0 Å². The lowest BCUT2D eigenvalue weighted by molar-refractivity contribution is -1.02. The van der Waals surface area contributed by atoms with E-state index in [1.54, 1.807) is 36.4 Å². The van der Waals surface area contributed by atoms with Gasteiger partial charge in [0.2, 0.25) is 12.0 Å². The van der Waals surface area contributed by atoms with Crippen molar-refractivity contribution < 1.29 is 24.0 Å². The first-order valence-electron chi connectivity index (χ1n) is 8.90. The first-order valence-corrected chi connectivity index (χ1v) is 8.90. The Labute approximate surface area is 167 Å². The minimum Gasteiger partial charge on any atom is -0.306 e. The van der Waals surface area contributed by atoms with E-state index in [9.17, 15) is 9.59 Å². The van der Waals surface area contributed by atoms with Gasteiger partial charge in [0.1, 0.15) is 12.0 Å². The van der Waals surface area contributed by atoms with Gasteiger partial charge in [-0.3, -0.25) is 9.59 Å². The topological polar surface area (TPSA) is 73.3 Å². The van der Waals surface area contributed by atoms with Crippen LogP contribution in [-0.4, -0.2) is 23.8 Å². The van der Waals surface area contributed by atoms with Gasteiger partial charge in [-0.1, -0.05) is 75.1 Å². The molecule has 0 bridgehead atoms. The molecule has 0 atom stereocenters. The lowest BCUT2D eigenvalue weighted by Crippen LogP contribution is -2.37. The molecule has 6 heteroatoms. The number of benzene rings is 1. The predicted octanol–water partition coefficient (Wildman–Crippen LogP) is 4.18. The number of carbonyl (C=O) groups is 2. The van der Waals surface area contributed by atoms with Gasteiger partial charge in [-0.25, -0.2) is 0 Å². The van der Waals surface area contributed by atoms with Crippen LogP contribution < -0.4 is 9.74 Å². The van der Waals surface area contributed by atoms with Crippen LogP contribution in [0.2, 0.25) is 0 Å². The van der Waals surface area contributed by atoms with Gasteiger partial charge >= 0.3 is 5.69 Å². The molecule has 0 aliphatic carbocycles. The van der Waals surface area contributed by atoms with Gasteiger partial charge < -0.3 is 4.84 Å². The molecule has 28 heavy (non-hydrogen) atoms. The second-order valence-electron chi connectivity index (χ2n) is 4.72. The molecular weight excluding hydrogens is 356 g/mol. The Bertz CT molecular complexity index is 728. The highest BCUT2D eigenvalue weighted by molar-refractivity contribution is 6.07. The van der Waals surface area contributed by atoms with Crippen LogP contribution in [-0.2, 0) is 4.79 Å². The fourth-order valence-corrected chi connectivity index (χ4v) is 1.36. The molecule has 152 valence electrons. The van der Waals surface area contributed by atoms with E-state index in [1.165, 1.54) is 26.3 Å². The molecule has 2 rings (SSSR count). The van der Waals surface area contributed by atoms with Crippen molar-refractivity contribution in [1.82, 2.24) is 5.16 Å². The Morgan fingerprint density at radius 1 is 1.14 bits per heavy atom. The maximum atomic E-state index is 11.8. The van der Waals surface area contributed by atoms with E-state index in [0.717, 1.165) is 4.90 Å². The minimum atomic E-state index is -0.199. The predicted molar refractivity (Wildman–Crippen MR) is 111 cm³/mol. The molecule has 0 radical (unpaired) electrons. The number of rotatable bonds is 5. The molecule has 0 unspecified atom stereocenters. The average molecular weight is 388 g/mol. The lowest BCUT2D eigenvalue weighted by Gasteiger charge is -1.90. The van der Waals surface area contributed by atoms with Gasteiger partial charge in [0, 0.05) is 5.56 Å². The Morgan fingerprint density at radius 3 is 2.07 bits per heavy atom. The molecule has 1 aromatic carbocycles. The first kappa shape index (κ1) is 26.9. The Hall–Kier alpha value is -3.28. The maximum Gasteiger partial charge on any atom is 0.318 e. The molecular formula is C22H31N2O4+. The van der Waals surface area contributed by atoms with E-state index in [-0.39, 0.29) is 17.3 Å². The van der Waals surface area contributed by atoms with Crippen molar-refractivity contribution in [1.29, 1.82) is 0 Å². The molecule has 0 aliphatic heterocycles. The van der Waals surface area contributed by atoms with Crippen molar-refractivity contribution in [2.24, 2.45) is 0 Å². The Kier molecular flexibility index (Phi) is 17.8. The zero-order valence-electron chi connectivity index (χ0n) is 17.6. The van der Waals surface area contributed by atoms with Crippen molar-refractivity contribution in [2.45, 2.75) is 34.6 Å². The summed E-state index contributed by atoms with van der Waals surface area (Å²) in [5.74, 6) is -0.143. The molecule has 0 saturated heterocycles. The molecule has 0 amide bonds. The van der Waals surface area contributed by atoms with E-state index >= 15 is 0 Å². The Balaban J connectivity index is 0. The summed E-state index contributed by atoms with van der Waals surface area (Å²) in [4.78, 5) is 27.6. The SMILES string of the molecule is C/C=C\C.C=C/C=C/C(C)=O.CC.CO[n+]1cc(C(=O)c2ccccc2)no1. The zero-order chi connectivity index (χ0) is 21.8. The van der Waals surface area contributed by atoms with Crippen LogP contribution in [0.15, 0.2) is 78.1 Å². The molecule has 2 aromatic rings. The number of hydrogen-bond donors (Lipinski definition) is 0. The van der Waals surface area contributed by atoms with Gasteiger partial charge in [0.05, 0.1) is 0 Å². The lowest BCUT2D eigenvalue weighted by atomic mass is 10.1. The van der Waals surface area contributed by atoms with E-state index < -0.39 is 0 Å². The molecule has 1 aromatic heterocycles. The number of aromatic nitrogens is 2. The molecule has 0 spiro atoms. The second kappa shape index (κ2) is 18.5. The van der Waals surface area contributed by atoms with Crippen molar-refractivity contribution in [3.8, 4) is 0 Å². The van der Waals surface area contributed by atoms with Crippen molar-refractivity contribution in [2.75, 3.05) is 7.11 Å². The normalized spacial score (nSPS) is 9.21. The quantitative estimate of drug-likeness (QED) is 0.333. The number of ketones is 2. The molecule has 6 nitrogen and oxygen atoms in total. The van der Waals surface area contributed by atoms with E-state index in [0.29, 0.717) is 5.56 Å². The van der Waals surface area contributed by atoms with Gasteiger partial charge in [-0.15, -0.1) is 0 Å². The number of carbonyl (C=O) groups excluding carboxylic acids is 2. The van der Waals surface area contributed by atoms with E-state index in [1.807, 2.05) is 45.9 Å². The fraction of sp³-hybridized carbons (Fsp3) is 0.273.